The Morgan fingerprint density at radius 1 is 1.27 bits per heavy atom. The molecule has 0 N–H and O–H groups in total. The van der Waals surface area contributed by atoms with Gasteiger partial charge in [0.1, 0.15) is 17.7 Å². The second-order valence-electron chi connectivity index (χ2n) is 5.94. The molecule has 0 radical (unpaired) electrons. The molecule has 5 nitrogen and oxygen atoms in total. The SMILES string of the molecule is C[C@@H]1CCO[C@H]1C(=O)N(c1ccc(F)cn1)C1CCOCC1. The molecule has 2 aliphatic heterocycles. The number of carbonyl (C=O) groups excluding carboxylic acids is 1. The summed E-state index contributed by atoms with van der Waals surface area (Å²) in [5, 5.41) is 0. The average molecular weight is 308 g/mol. The number of nitrogens with zero attached hydrogens (tertiary/aromatic N) is 2. The Morgan fingerprint density at radius 2 is 2.05 bits per heavy atom. The second kappa shape index (κ2) is 6.71. The van der Waals surface area contributed by atoms with Gasteiger partial charge in [0.25, 0.3) is 5.91 Å². The zero-order chi connectivity index (χ0) is 15.5. The minimum Gasteiger partial charge on any atom is -0.381 e. The molecular weight excluding hydrogens is 287 g/mol. The number of ether oxygens (including phenoxy) is 2. The standard InChI is InChI=1S/C16H21FN2O3/c1-11-4-9-22-15(11)16(20)19(13-5-7-21-8-6-13)14-3-2-12(17)10-18-14/h2-3,10-11,13,15H,4-9H2,1H3/t11-,15-/m1/s1. The molecule has 120 valence electrons. The maximum atomic E-state index is 13.1. The van der Waals surface area contributed by atoms with Crippen molar-refractivity contribution in [1.29, 1.82) is 0 Å². The number of aromatic nitrogens is 1. The van der Waals surface area contributed by atoms with Crippen molar-refractivity contribution in [3.63, 3.8) is 0 Å². The predicted molar refractivity (Wildman–Crippen MR) is 79.0 cm³/mol. The van der Waals surface area contributed by atoms with Gasteiger partial charge in [-0.25, -0.2) is 9.37 Å². The fraction of sp³-hybridized carbons (Fsp3) is 0.625. The third-order valence-corrected chi connectivity index (χ3v) is 4.38. The molecule has 2 atom stereocenters. The van der Waals surface area contributed by atoms with Crippen LogP contribution in [-0.4, -0.2) is 42.9 Å². The third-order valence-electron chi connectivity index (χ3n) is 4.38. The summed E-state index contributed by atoms with van der Waals surface area (Å²) in [7, 11) is 0. The van der Waals surface area contributed by atoms with Crippen molar-refractivity contribution in [1.82, 2.24) is 4.98 Å². The normalized spacial score (nSPS) is 26.1. The molecule has 1 amide bonds. The molecule has 0 bridgehead atoms. The highest BCUT2D eigenvalue weighted by Crippen LogP contribution is 2.28. The first-order valence-corrected chi connectivity index (χ1v) is 7.81. The number of amides is 1. The summed E-state index contributed by atoms with van der Waals surface area (Å²) >= 11 is 0. The number of hydrogen-bond acceptors (Lipinski definition) is 4. The van der Waals surface area contributed by atoms with Crippen LogP contribution < -0.4 is 4.90 Å². The molecule has 1 aromatic heterocycles. The zero-order valence-electron chi connectivity index (χ0n) is 12.7. The van der Waals surface area contributed by atoms with Crippen LogP contribution in [0.25, 0.3) is 0 Å². The molecule has 6 heteroatoms. The van der Waals surface area contributed by atoms with Crippen molar-refractivity contribution in [2.75, 3.05) is 24.7 Å². The van der Waals surface area contributed by atoms with Gasteiger partial charge >= 0.3 is 0 Å². The minimum atomic E-state index is -0.435. The molecule has 1 aromatic rings. The summed E-state index contributed by atoms with van der Waals surface area (Å²) in [5.41, 5.74) is 0. The van der Waals surface area contributed by atoms with Gasteiger partial charge in [0.15, 0.2) is 0 Å². The van der Waals surface area contributed by atoms with Crippen LogP contribution in [0.15, 0.2) is 18.3 Å². The molecule has 0 aromatic carbocycles. The molecule has 0 unspecified atom stereocenters. The Labute approximate surface area is 129 Å². The first kappa shape index (κ1) is 15.4. The Hall–Kier alpha value is -1.53. The van der Waals surface area contributed by atoms with E-state index in [1.165, 1.54) is 6.07 Å². The van der Waals surface area contributed by atoms with E-state index in [0.29, 0.717) is 25.6 Å². The number of hydrogen-bond donors (Lipinski definition) is 0. The van der Waals surface area contributed by atoms with Crippen molar-refractivity contribution in [2.45, 2.75) is 38.3 Å². The van der Waals surface area contributed by atoms with Gasteiger partial charge in [0.2, 0.25) is 0 Å². The zero-order valence-corrected chi connectivity index (χ0v) is 12.7. The molecule has 0 spiro atoms. The fourth-order valence-electron chi connectivity index (χ4n) is 3.08. The molecule has 0 saturated carbocycles. The van der Waals surface area contributed by atoms with Crippen LogP contribution in [0.1, 0.15) is 26.2 Å². The van der Waals surface area contributed by atoms with Gasteiger partial charge in [0, 0.05) is 25.9 Å². The smallest absolute Gasteiger partial charge is 0.257 e. The second-order valence-corrected chi connectivity index (χ2v) is 5.94. The lowest BCUT2D eigenvalue weighted by molar-refractivity contribution is -0.129. The van der Waals surface area contributed by atoms with E-state index in [1.54, 1.807) is 11.0 Å². The Balaban J connectivity index is 1.87. The number of halogens is 1. The van der Waals surface area contributed by atoms with Gasteiger partial charge in [-0.1, -0.05) is 6.92 Å². The van der Waals surface area contributed by atoms with Gasteiger partial charge in [-0.3, -0.25) is 9.69 Å². The molecule has 22 heavy (non-hydrogen) atoms. The number of pyridine rings is 1. The summed E-state index contributed by atoms with van der Waals surface area (Å²) in [5.74, 6) is 0.195. The maximum Gasteiger partial charge on any atom is 0.257 e. The van der Waals surface area contributed by atoms with E-state index in [9.17, 15) is 9.18 Å². The Kier molecular flexibility index (Phi) is 4.69. The van der Waals surface area contributed by atoms with E-state index < -0.39 is 11.9 Å². The number of carbonyl (C=O) groups is 1. The van der Waals surface area contributed by atoms with Crippen LogP contribution in [0.3, 0.4) is 0 Å². The van der Waals surface area contributed by atoms with Crippen molar-refractivity contribution in [3.8, 4) is 0 Å². The Morgan fingerprint density at radius 3 is 2.64 bits per heavy atom. The summed E-state index contributed by atoms with van der Waals surface area (Å²) in [6.07, 6.45) is 3.11. The van der Waals surface area contributed by atoms with Crippen LogP contribution in [0, 0.1) is 11.7 Å². The van der Waals surface area contributed by atoms with E-state index in [2.05, 4.69) is 4.98 Å². The van der Waals surface area contributed by atoms with Crippen LogP contribution in [0.5, 0.6) is 0 Å². The lowest BCUT2D eigenvalue weighted by Crippen LogP contribution is -2.49. The molecule has 3 heterocycles. The quantitative estimate of drug-likeness (QED) is 0.858. The molecule has 2 fully saturated rings. The van der Waals surface area contributed by atoms with Crippen molar-refractivity contribution in [2.24, 2.45) is 5.92 Å². The Bertz CT molecular complexity index is 517. The topological polar surface area (TPSA) is 51.7 Å². The third kappa shape index (κ3) is 3.13. The highest BCUT2D eigenvalue weighted by Gasteiger charge is 2.38. The summed E-state index contributed by atoms with van der Waals surface area (Å²) in [4.78, 5) is 18.8. The molecule has 2 aliphatic rings. The van der Waals surface area contributed by atoms with E-state index in [0.717, 1.165) is 25.5 Å². The van der Waals surface area contributed by atoms with Crippen LogP contribution in [0.2, 0.25) is 0 Å². The van der Waals surface area contributed by atoms with Gasteiger partial charge in [-0.15, -0.1) is 0 Å². The lowest BCUT2D eigenvalue weighted by atomic mass is 10.0. The van der Waals surface area contributed by atoms with Crippen LogP contribution in [0.4, 0.5) is 10.2 Å². The van der Waals surface area contributed by atoms with Crippen LogP contribution in [-0.2, 0) is 14.3 Å². The highest BCUT2D eigenvalue weighted by atomic mass is 19.1. The van der Waals surface area contributed by atoms with Gasteiger partial charge in [0.05, 0.1) is 6.20 Å². The lowest BCUT2D eigenvalue weighted by Gasteiger charge is -2.35. The monoisotopic (exact) mass is 308 g/mol. The van der Waals surface area contributed by atoms with Crippen molar-refractivity contribution < 1.29 is 18.7 Å². The molecule has 0 aliphatic carbocycles. The minimum absolute atomic E-state index is 0.0237. The van der Waals surface area contributed by atoms with Gasteiger partial charge < -0.3 is 9.47 Å². The van der Waals surface area contributed by atoms with Gasteiger partial charge in [-0.05, 0) is 37.3 Å². The summed E-state index contributed by atoms with van der Waals surface area (Å²) < 4.78 is 24.1. The van der Waals surface area contributed by atoms with Gasteiger partial charge in [-0.2, -0.15) is 0 Å². The van der Waals surface area contributed by atoms with Crippen molar-refractivity contribution in [3.05, 3.63) is 24.1 Å². The number of anilines is 1. The molecule has 2 saturated heterocycles. The van der Waals surface area contributed by atoms with E-state index in [1.807, 2.05) is 6.92 Å². The van der Waals surface area contributed by atoms with Crippen molar-refractivity contribution >= 4 is 11.7 Å². The summed E-state index contributed by atoms with van der Waals surface area (Å²) in [6.45, 7) is 3.87. The predicted octanol–water partition coefficient (Wildman–Crippen LogP) is 2.16. The maximum absolute atomic E-state index is 13.1. The van der Waals surface area contributed by atoms with Crippen LogP contribution >= 0.6 is 0 Å². The molecular formula is C16H21FN2O3. The molecule has 3 rings (SSSR count). The number of rotatable bonds is 3. The highest BCUT2D eigenvalue weighted by molar-refractivity contribution is 5.96. The van der Waals surface area contributed by atoms with E-state index in [4.69, 9.17) is 9.47 Å². The first-order chi connectivity index (χ1) is 10.7. The summed E-state index contributed by atoms with van der Waals surface area (Å²) in [6, 6.07) is 2.92. The van der Waals surface area contributed by atoms with E-state index in [-0.39, 0.29) is 17.9 Å². The largest absolute Gasteiger partial charge is 0.381 e. The fourth-order valence-corrected chi connectivity index (χ4v) is 3.08. The average Bonchev–Trinajstić information content (AvgIpc) is 2.96. The van der Waals surface area contributed by atoms with E-state index >= 15 is 0 Å². The first-order valence-electron chi connectivity index (χ1n) is 7.81.